The minimum absolute atomic E-state index is 0.0795. The first-order chi connectivity index (χ1) is 10.1. The fourth-order valence-electron chi connectivity index (χ4n) is 4.04. The van der Waals surface area contributed by atoms with E-state index in [4.69, 9.17) is 0 Å². The summed E-state index contributed by atoms with van der Waals surface area (Å²) in [6.07, 6.45) is 5.66. The van der Waals surface area contributed by atoms with Crippen LogP contribution in [-0.4, -0.2) is 22.4 Å². The number of aryl methyl sites for hydroxylation is 1. The van der Waals surface area contributed by atoms with Crippen LogP contribution in [0.1, 0.15) is 56.3 Å². The number of nitrogens with one attached hydrogen (secondary N) is 1. The zero-order chi connectivity index (χ0) is 14.6. The lowest BCUT2D eigenvalue weighted by molar-refractivity contribution is -0.133. The number of hydrogen-bond donors (Lipinski definition) is 1. The van der Waals surface area contributed by atoms with Gasteiger partial charge in [0.1, 0.15) is 11.7 Å². The van der Waals surface area contributed by atoms with E-state index in [1.807, 2.05) is 0 Å². The van der Waals surface area contributed by atoms with Gasteiger partial charge < -0.3 is 4.90 Å². The van der Waals surface area contributed by atoms with Crippen molar-refractivity contribution >= 4 is 5.91 Å². The Morgan fingerprint density at radius 1 is 1.19 bits per heavy atom. The molecule has 1 aliphatic heterocycles. The molecule has 4 rings (SSSR count). The predicted octanol–water partition coefficient (Wildman–Crippen LogP) is 3.15. The van der Waals surface area contributed by atoms with Crippen molar-refractivity contribution in [3.8, 4) is 0 Å². The summed E-state index contributed by atoms with van der Waals surface area (Å²) in [5.41, 5.74) is 2.28. The van der Waals surface area contributed by atoms with E-state index in [0.717, 1.165) is 31.6 Å². The Morgan fingerprint density at radius 2 is 1.90 bits per heavy atom. The smallest absolute Gasteiger partial charge is 0.244 e. The molecule has 3 unspecified atom stereocenters. The number of benzene rings is 1. The molecule has 1 amide bonds. The summed E-state index contributed by atoms with van der Waals surface area (Å²) in [4.78, 5) is 15.1. The van der Waals surface area contributed by atoms with E-state index < -0.39 is 0 Å². The molecule has 1 heterocycles. The number of rotatable bonds is 2. The zero-order valence-corrected chi connectivity index (χ0v) is 12.9. The summed E-state index contributed by atoms with van der Waals surface area (Å²) in [5.74, 6) is 1.10. The molecule has 2 aliphatic carbocycles. The Labute approximate surface area is 126 Å². The molecule has 1 aromatic rings. The van der Waals surface area contributed by atoms with Crippen molar-refractivity contribution in [3.63, 3.8) is 0 Å². The van der Waals surface area contributed by atoms with Crippen LogP contribution in [0.2, 0.25) is 0 Å². The van der Waals surface area contributed by atoms with E-state index in [1.165, 1.54) is 17.5 Å². The minimum atomic E-state index is -0.221. The van der Waals surface area contributed by atoms with Gasteiger partial charge in [0.05, 0.1) is 0 Å². The topological polar surface area (TPSA) is 32.3 Å². The van der Waals surface area contributed by atoms with Crippen LogP contribution in [-0.2, 0) is 4.79 Å². The van der Waals surface area contributed by atoms with Gasteiger partial charge in [0, 0.05) is 6.04 Å². The van der Waals surface area contributed by atoms with E-state index in [2.05, 4.69) is 48.3 Å². The van der Waals surface area contributed by atoms with Gasteiger partial charge in [-0.1, -0.05) is 36.8 Å². The molecule has 1 spiro atoms. The van der Waals surface area contributed by atoms with Crippen LogP contribution in [0.4, 0.5) is 0 Å². The zero-order valence-electron chi connectivity index (χ0n) is 12.9. The Hall–Kier alpha value is -1.35. The van der Waals surface area contributed by atoms with E-state index >= 15 is 0 Å². The van der Waals surface area contributed by atoms with Crippen molar-refractivity contribution in [2.45, 2.75) is 63.7 Å². The second kappa shape index (κ2) is 4.57. The average molecular weight is 284 g/mol. The molecule has 1 aromatic carbocycles. The van der Waals surface area contributed by atoms with Crippen LogP contribution in [0.15, 0.2) is 24.3 Å². The summed E-state index contributed by atoms with van der Waals surface area (Å²) in [7, 11) is 0. The lowest BCUT2D eigenvalue weighted by Crippen LogP contribution is -2.39. The number of hydrogen-bond acceptors (Lipinski definition) is 2. The highest BCUT2D eigenvalue weighted by molar-refractivity contribution is 5.92. The predicted molar refractivity (Wildman–Crippen MR) is 82.7 cm³/mol. The summed E-state index contributed by atoms with van der Waals surface area (Å²) in [6, 6.07) is 9.07. The molecule has 3 heteroatoms. The highest BCUT2D eigenvalue weighted by Crippen LogP contribution is 2.48. The summed E-state index contributed by atoms with van der Waals surface area (Å²) in [6.45, 7) is 4.41. The first kappa shape index (κ1) is 13.3. The second-order valence-electron chi connectivity index (χ2n) is 7.32. The normalized spacial score (nSPS) is 33.9. The van der Waals surface area contributed by atoms with Crippen molar-refractivity contribution in [1.82, 2.24) is 10.2 Å². The summed E-state index contributed by atoms with van der Waals surface area (Å²) < 4.78 is 0. The number of carbonyl (C=O) groups is 1. The molecule has 0 radical (unpaired) electrons. The number of nitrogens with zero attached hydrogens (tertiary/aromatic N) is 1. The van der Waals surface area contributed by atoms with E-state index in [0.29, 0.717) is 11.9 Å². The molecule has 3 fully saturated rings. The monoisotopic (exact) mass is 284 g/mol. The molecular formula is C18H24N2O. The van der Waals surface area contributed by atoms with Crippen LogP contribution in [0.3, 0.4) is 0 Å². The fourth-order valence-corrected chi connectivity index (χ4v) is 4.04. The van der Waals surface area contributed by atoms with Gasteiger partial charge in [0.2, 0.25) is 5.91 Å². The molecule has 0 bridgehead atoms. The summed E-state index contributed by atoms with van der Waals surface area (Å²) >= 11 is 0. The van der Waals surface area contributed by atoms with Crippen molar-refractivity contribution in [1.29, 1.82) is 0 Å². The second-order valence-corrected chi connectivity index (χ2v) is 7.32. The summed E-state index contributed by atoms with van der Waals surface area (Å²) in [5, 5.41) is 3.65. The SMILES string of the molecule is Cc1ccc(C2NC3(CC3)C(=O)N2C2CCC(C)C2)cc1. The average Bonchev–Trinajstić information content (AvgIpc) is 3.04. The van der Waals surface area contributed by atoms with Crippen LogP contribution >= 0.6 is 0 Å². The van der Waals surface area contributed by atoms with E-state index in [9.17, 15) is 4.79 Å². The Balaban J connectivity index is 1.67. The largest absolute Gasteiger partial charge is 0.318 e. The quantitative estimate of drug-likeness (QED) is 0.905. The highest BCUT2D eigenvalue weighted by atomic mass is 16.2. The van der Waals surface area contributed by atoms with Crippen molar-refractivity contribution < 1.29 is 4.79 Å². The molecule has 3 nitrogen and oxygen atoms in total. The first-order valence-electron chi connectivity index (χ1n) is 8.26. The van der Waals surface area contributed by atoms with Gasteiger partial charge in [-0.15, -0.1) is 0 Å². The van der Waals surface area contributed by atoms with Gasteiger partial charge in [0.25, 0.3) is 0 Å². The molecule has 0 aromatic heterocycles. The van der Waals surface area contributed by atoms with Crippen LogP contribution in [0.25, 0.3) is 0 Å². The Morgan fingerprint density at radius 3 is 2.48 bits per heavy atom. The molecule has 3 aliphatic rings. The van der Waals surface area contributed by atoms with Crippen LogP contribution < -0.4 is 5.32 Å². The Bertz CT molecular complexity index is 561. The minimum Gasteiger partial charge on any atom is -0.318 e. The fraction of sp³-hybridized carbons (Fsp3) is 0.611. The van der Waals surface area contributed by atoms with Crippen LogP contribution in [0, 0.1) is 12.8 Å². The lowest BCUT2D eigenvalue weighted by Gasteiger charge is -2.30. The number of carbonyl (C=O) groups excluding carboxylic acids is 1. The molecule has 21 heavy (non-hydrogen) atoms. The van der Waals surface area contributed by atoms with Gasteiger partial charge >= 0.3 is 0 Å². The number of amides is 1. The van der Waals surface area contributed by atoms with Gasteiger partial charge in [-0.05, 0) is 50.5 Å². The maximum absolute atomic E-state index is 12.9. The van der Waals surface area contributed by atoms with Crippen molar-refractivity contribution in [2.75, 3.05) is 0 Å². The molecule has 1 N–H and O–H groups in total. The third-order valence-electron chi connectivity index (χ3n) is 5.54. The highest BCUT2D eigenvalue weighted by Gasteiger charge is 2.60. The third kappa shape index (κ3) is 2.10. The molecule has 2 saturated carbocycles. The van der Waals surface area contributed by atoms with Gasteiger partial charge in [-0.25, -0.2) is 0 Å². The standard InChI is InChI=1S/C18H24N2O/c1-12-3-6-14(7-4-12)16-19-18(9-10-18)17(21)20(16)15-8-5-13(2)11-15/h3-4,6-7,13,15-16,19H,5,8-11H2,1-2H3. The van der Waals surface area contributed by atoms with Crippen LogP contribution in [0.5, 0.6) is 0 Å². The third-order valence-corrected chi connectivity index (χ3v) is 5.54. The van der Waals surface area contributed by atoms with Gasteiger partial charge in [-0.3, -0.25) is 10.1 Å². The van der Waals surface area contributed by atoms with Crippen molar-refractivity contribution in [3.05, 3.63) is 35.4 Å². The van der Waals surface area contributed by atoms with Crippen molar-refractivity contribution in [2.24, 2.45) is 5.92 Å². The van der Waals surface area contributed by atoms with E-state index in [-0.39, 0.29) is 11.7 Å². The van der Waals surface area contributed by atoms with Gasteiger partial charge in [-0.2, -0.15) is 0 Å². The molecule has 112 valence electrons. The first-order valence-corrected chi connectivity index (χ1v) is 8.26. The van der Waals surface area contributed by atoms with Gasteiger partial charge in [0.15, 0.2) is 0 Å². The maximum Gasteiger partial charge on any atom is 0.244 e. The molecular weight excluding hydrogens is 260 g/mol. The molecule has 1 saturated heterocycles. The van der Waals surface area contributed by atoms with E-state index in [1.54, 1.807) is 0 Å². The lowest BCUT2D eigenvalue weighted by atomic mass is 10.1. The molecule has 3 atom stereocenters. The maximum atomic E-state index is 12.9. The Kier molecular flexibility index (Phi) is 2.90.